The van der Waals surface area contributed by atoms with E-state index in [1.807, 2.05) is 0 Å². The third-order valence-electron chi connectivity index (χ3n) is 0.859. The topological polar surface area (TPSA) is 34.1 Å². The average Bonchev–Trinajstić information content (AvgIpc) is 1.85. The summed E-state index contributed by atoms with van der Waals surface area (Å²) in [6.45, 7) is 0. The maximum Gasteiger partial charge on any atom is 0.206 e. The van der Waals surface area contributed by atoms with Gasteiger partial charge >= 0.3 is 0 Å². The highest BCUT2D eigenvalue weighted by Crippen LogP contribution is 1.96. The molecule has 0 aromatic heterocycles. The molecule has 9 heavy (non-hydrogen) atoms. The average molecular weight is 192 g/mol. The van der Waals surface area contributed by atoms with Gasteiger partial charge in [-0.2, -0.15) is 0 Å². The van der Waals surface area contributed by atoms with Crippen molar-refractivity contribution in [2.24, 2.45) is 0 Å². The van der Waals surface area contributed by atoms with Crippen LogP contribution in [-0.4, -0.2) is 17.4 Å². The summed E-state index contributed by atoms with van der Waals surface area (Å²) in [5, 5.41) is 0.817. The largest absolute Gasteiger partial charge is 0.299 e. The first kappa shape index (κ1) is 8.82. The highest BCUT2D eigenvalue weighted by molar-refractivity contribution is 9.09. The molecule has 3 heteroatoms. The summed E-state index contributed by atoms with van der Waals surface area (Å²) in [7, 11) is 0. The fraction of sp³-hybridized carbons (Fsp3) is 0.667. The SMILES string of the molecule is O=[C]CC(=O)CCCBr. The molecular weight excluding hydrogens is 184 g/mol. The third-order valence-corrected chi connectivity index (χ3v) is 1.42. The molecule has 1 radical (unpaired) electrons. The third kappa shape index (κ3) is 5.69. The molecule has 0 saturated heterocycles. The van der Waals surface area contributed by atoms with Crippen molar-refractivity contribution in [2.75, 3.05) is 5.33 Å². The normalized spacial score (nSPS) is 9.00. The Bertz CT molecular complexity index is 101. The first-order chi connectivity index (χ1) is 4.31. The van der Waals surface area contributed by atoms with E-state index in [-0.39, 0.29) is 12.2 Å². The van der Waals surface area contributed by atoms with E-state index in [1.165, 1.54) is 0 Å². The summed E-state index contributed by atoms with van der Waals surface area (Å²) in [5.74, 6) is -0.0237. The molecule has 0 rings (SSSR count). The monoisotopic (exact) mass is 191 g/mol. The van der Waals surface area contributed by atoms with Crippen LogP contribution in [-0.2, 0) is 9.59 Å². The summed E-state index contributed by atoms with van der Waals surface area (Å²) < 4.78 is 0. The standard InChI is InChI=1S/C6H8BrO2/c7-4-1-2-6(9)3-5-8/h1-4H2. The van der Waals surface area contributed by atoms with Crippen LogP contribution in [0.4, 0.5) is 0 Å². The lowest BCUT2D eigenvalue weighted by Gasteiger charge is -1.89. The van der Waals surface area contributed by atoms with Crippen LogP contribution in [0.15, 0.2) is 0 Å². The van der Waals surface area contributed by atoms with Gasteiger partial charge in [-0.1, -0.05) is 15.9 Å². The van der Waals surface area contributed by atoms with Gasteiger partial charge in [-0.15, -0.1) is 0 Å². The highest BCUT2D eigenvalue weighted by atomic mass is 79.9. The van der Waals surface area contributed by atoms with E-state index in [0.29, 0.717) is 6.42 Å². The van der Waals surface area contributed by atoms with Gasteiger partial charge in [0.2, 0.25) is 6.29 Å². The van der Waals surface area contributed by atoms with E-state index in [4.69, 9.17) is 0 Å². The summed E-state index contributed by atoms with van der Waals surface area (Å²) in [5.41, 5.74) is 0. The minimum absolute atomic E-state index is 0.0237. The maximum absolute atomic E-state index is 10.5. The molecule has 0 saturated carbocycles. The summed E-state index contributed by atoms with van der Waals surface area (Å²) in [6, 6.07) is 0. The van der Waals surface area contributed by atoms with Crippen LogP contribution < -0.4 is 0 Å². The zero-order valence-corrected chi connectivity index (χ0v) is 6.61. The Hall–Kier alpha value is -0.180. The molecule has 0 atom stereocenters. The number of alkyl halides is 1. The number of ketones is 1. The first-order valence-electron chi connectivity index (χ1n) is 2.74. The van der Waals surface area contributed by atoms with Crippen molar-refractivity contribution in [1.82, 2.24) is 0 Å². The van der Waals surface area contributed by atoms with Crippen LogP contribution in [0.5, 0.6) is 0 Å². The summed E-state index contributed by atoms with van der Waals surface area (Å²) in [4.78, 5) is 20.1. The predicted molar refractivity (Wildman–Crippen MR) is 38.3 cm³/mol. The predicted octanol–water partition coefficient (Wildman–Crippen LogP) is 1.23. The fourth-order valence-corrected chi connectivity index (χ4v) is 0.713. The molecule has 0 amide bonds. The molecule has 0 fully saturated rings. The molecule has 0 heterocycles. The molecule has 0 aromatic rings. The van der Waals surface area contributed by atoms with E-state index < -0.39 is 0 Å². The quantitative estimate of drug-likeness (QED) is 0.484. The lowest BCUT2D eigenvalue weighted by atomic mass is 10.2. The van der Waals surface area contributed by atoms with Crippen molar-refractivity contribution < 1.29 is 9.59 Å². The van der Waals surface area contributed by atoms with Crippen molar-refractivity contribution in [3.63, 3.8) is 0 Å². The lowest BCUT2D eigenvalue weighted by molar-refractivity contribution is -0.117. The Labute approximate surface area is 62.8 Å². The van der Waals surface area contributed by atoms with E-state index >= 15 is 0 Å². The van der Waals surface area contributed by atoms with E-state index in [0.717, 1.165) is 11.8 Å². The number of carbonyl (C=O) groups is 1. The maximum atomic E-state index is 10.5. The Morgan fingerprint density at radius 3 is 2.67 bits per heavy atom. The van der Waals surface area contributed by atoms with Gasteiger partial charge in [0.15, 0.2) is 0 Å². The first-order valence-corrected chi connectivity index (χ1v) is 3.86. The minimum atomic E-state index is -0.0486. The Morgan fingerprint density at radius 2 is 2.22 bits per heavy atom. The van der Waals surface area contributed by atoms with Crippen LogP contribution >= 0.6 is 15.9 Å². The second-order valence-electron chi connectivity index (χ2n) is 1.65. The molecule has 0 aliphatic carbocycles. The minimum Gasteiger partial charge on any atom is -0.299 e. The van der Waals surface area contributed by atoms with Crippen LogP contribution in [0.3, 0.4) is 0 Å². The highest BCUT2D eigenvalue weighted by Gasteiger charge is 1.98. The molecule has 0 N–H and O–H groups in total. The Kier molecular flexibility index (Phi) is 5.83. The van der Waals surface area contributed by atoms with E-state index in [9.17, 15) is 9.59 Å². The molecule has 51 valence electrons. The van der Waals surface area contributed by atoms with Crippen molar-refractivity contribution in [3.05, 3.63) is 0 Å². The van der Waals surface area contributed by atoms with Gasteiger partial charge in [0.1, 0.15) is 5.78 Å². The van der Waals surface area contributed by atoms with Gasteiger partial charge < -0.3 is 0 Å². The van der Waals surface area contributed by atoms with Crippen LogP contribution in [0, 0.1) is 0 Å². The smallest absolute Gasteiger partial charge is 0.206 e. The number of rotatable bonds is 5. The molecule has 0 unspecified atom stereocenters. The number of hydrogen-bond donors (Lipinski definition) is 0. The van der Waals surface area contributed by atoms with E-state index in [2.05, 4.69) is 15.9 Å². The zero-order chi connectivity index (χ0) is 7.11. The van der Waals surface area contributed by atoms with Gasteiger partial charge in [0.05, 0.1) is 6.42 Å². The molecule has 0 aliphatic heterocycles. The number of hydrogen-bond acceptors (Lipinski definition) is 2. The van der Waals surface area contributed by atoms with Crippen LogP contribution in [0.1, 0.15) is 19.3 Å². The van der Waals surface area contributed by atoms with E-state index in [1.54, 1.807) is 6.29 Å². The molecule has 0 aromatic carbocycles. The molecular formula is C6H8BrO2. The fourth-order valence-electron chi connectivity index (χ4n) is 0.433. The number of carbonyl (C=O) groups excluding carboxylic acids is 2. The number of Topliss-reactive ketones (excluding diaryl/α,β-unsaturated/α-hetero) is 1. The van der Waals surface area contributed by atoms with Gasteiger partial charge in [-0.3, -0.25) is 9.59 Å². The van der Waals surface area contributed by atoms with Gasteiger partial charge in [-0.25, -0.2) is 0 Å². The van der Waals surface area contributed by atoms with Crippen molar-refractivity contribution >= 4 is 28.0 Å². The zero-order valence-electron chi connectivity index (χ0n) is 5.02. The Morgan fingerprint density at radius 1 is 1.56 bits per heavy atom. The second-order valence-corrected chi connectivity index (χ2v) is 2.45. The van der Waals surface area contributed by atoms with Gasteiger partial charge in [-0.05, 0) is 6.42 Å². The molecule has 0 aliphatic rings. The molecule has 2 nitrogen and oxygen atoms in total. The molecule has 0 bridgehead atoms. The van der Waals surface area contributed by atoms with Gasteiger partial charge in [0, 0.05) is 11.8 Å². The number of halogens is 1. The van der Waals surface area contributed by atoms with Crippen LogP contribution in [0.2, 0.25) is 0 Å². The van der Waals surface area contributed by atoms with Gasteiger partial charge in [0.25, 0.3) is 0 Å². The Balaban J connectivity index is 3.16. The van der Waals surface area contributed by atoms with Crippen molar-refractivity contribution in [2.45, 2.75) is 19.3 Å². The van der Waals surface area contributed by atoms with Crippen molar-refractivity contribution in [1.29, 1.82) is 0 Å². The summed E-state index contributed by atoms with van der Waals surface area (Å²) in [6.07, 6.45) is 2.81. The van der Waals surface area contributed by atoms with Crippen molar-refractivity contribution in [3.8, 4) is 0 Å². The lowest BCUT2D eigenvalue weighted by Crippen LogP contribution is -1.97. The second kappa shape index (κ2) is 5.95. The molecule has 0 spiro atoms. The summed E-state index contributed by atoms with van der Waals surface area (Å²) >= 11 is 3.18. The van der Waals surface area contributed by atoms with Crippen LogP contribution in [0.25, 0.3) is 0 Å².